The predicted octanol–water partition coefficient (Wildman–Crippen LogP) is 4.96. The standard InChI is InChI=1S/C26H42O6/c1-5-9-14-20(7-3)18-31-24(27)23(26(29,30)22-16-12-11-13-17-22)25(28)32-19-21(8-4)15-10-6-2/h11-13,16-17,20-21,23,29-30H,5-10,14-15,18-19H2,1-4H3. The van der Waals surface area contributed by atoms with E-state index in [4.69, 9.17) is 9.47 Å². The number of aliphatic hydroxyl groups is 2. The highest BCUT2D eigenvalue weighted by Gasteiger charge is 2.49. The first-order valence-electron chi connectivity index (χ1n) is 12.1. The second kappa shape index (κ2) is 15.0. The molecule has 6 heteroatoms. The molecule has 0 radical (unpaired) electrons. The molecule has 2 N–H and O–H groups in total. The molecule has 0 heterocycles. The summed E-state index contributed by atoms with van der Waals surface area (Å²) in [4.78, 5) is 25.9. The van der Waals surface area contributed by atoms with E-state index >= 15 is 0 Å². The van der Waals surface area contributed by atoms with Crippen LogP contribution in [0.1, 0.15) is 84.6 Å². The second-order valence-corrected chi connectivity index (χ2v) is 8.62. The number of rotatable bonds is 16. The summed E-state index contributed by atoms with van der Waals surface area (Å²) >= 11 is 0. The molecule has 0 bridgehead atoms. The van der Waals surface area contributed by atoms with Gasteiger partial charge in [0.1, 0.15) is 0 Å². The Kier molecular flexibility index (Phi) is 13.2. The maximum Gasteiger partial charge on any atom is 0.326 e. The van der Waals surface area contributed by atoms with E-state index in [1.807, 2.05) is 13.8 Å². The Labute approximate surface area is 193 Å². The summed E-state index contributed by atoms with van der Waals surface area (Å²) in [5, 5.41) is 21.7. The zero-order valence-electron chi connectivity index (χ0n) is 20.2. The van der Waals surface area contributed by atoms with Gasteiger partial charge in [0.2, 0.25) is 11.7 Å². The van der Waals surface area contributed by atoms with Crippen molar-refractivity contribution in [2.24, 2.45) is 17.8 Å². The lowest BCUT2D eigenvalue weighted by molar-refractivity contribution is -0.227. The molecular weight excluding hydrogens is 408 g/mol. The van der Waals surface area contributed by atoms with Gasteiger partial charge < -0.3 is 19.7 Å². The fourth-order valence-corrected chi connectivity index (χ4v) is 3.64. The summed E-state index contributed by atoms with van der Waals surface area (Å²) in [7, 11) is 0. The van der Waals surface area contributed by atoms with Gasteiger partial charge in [0.05, 0.1) is 13.2 Å². The summed E-state index contributed by atoms with van der Waals surface area (Å²) in [6.07, 6.45) is 7.61. The van der Waals surface area contributed by atoms with Gasteiger partial charge in [-0.15, -0.1) is 0 Å². The number of unbranched alkanes of at least 4 members (excludes halogenated alkanes) is 2. The summed E-state index contributed by atoms with van der Waals surface area (Å²) in [5.74, 6) is -6.22. The second-order valence-electron chi connectivity index (χ2n) is 8.62. The van der Waals surface area contributed by atoms with Crippen LogP contribution in [0.15, 0.2) is 30.3 Å². The molecule has 0 fully saturated rings. The van der Waals surface area contributed by atoms with Crippen molar-refractivity contribution in [3.8, 4) is 0 Å². The minimum absolute atomic E-state index is 0.0370. The van der Waals surface area contributed by atoms with E-state index in [0.717, 1.165) is 51.4 Å². The van der Waals surface area contributed by atoms with Crippen LogP contribution < -0.4 is 0 Å². The first-order chi connectivity index (χ1) is 15.3. The monoisotopic (exact) mass is 450 g/mol. The minimum atomic E-state index is -2.73. The van der Waals surface area contributed by atoms with Gasteiger partial charge in [-0.1, -0.05) is 96.6 Å². The number of carbonyl (C=O) groups excluding carboxylic acids is 2. The predicted molar refractivity (Wildman–Crippen MR) is 125 cm³/mol. The average molecular weight is 451 g/mol. The van der Waals surface area contributed by atoms with Crippen LogP contribution in [0.5, 0.6) is 0 Å². The Hall–Kier alpha value is -1.92. The maximum atomic E-state index is 12.9. The van der Waals surface area contributed by atoms with Gasteiger partial charge in [-0.25, -0.2) is 0 Å². The van der Waals surface area contributed by atoms with E-state index in [1.54, 1.807) is 18.2 Å². The van der Waals surface area contributed by atoms with E-state index < -0.39 is 23.6 Å². The third-order valence-electron chi connectivity index (χ3n) is 6.08. The van der Waals surface area contributed by atoms with E-state index in [0.29, 0.717) is 0 Å². The lowest BCUT2D eigenvalue weighted by Gasteiger charge is -2.29. The van der Waals surface area contributed by atoms with Gasteiger partial charge >= 0.3 is 11.9 Å². The number of carbonyl (C=O) groups is 2. The van der Waals surface area contributed by atoms with Gasteiger partial charge in [0.15, 0.2) is 0 Å². The molecule has 2 unspecified atom stereocenters. The van der Waals surface area contributed by atoms with Crippen LogP contribution in [0.4, 0.5) is 0 Å². The number of benzene rings is 1. The van der Waals surface area contributed by atoms with E-state index in [1.165, 1.54) is 12.1 Å². The van der Waals surface area contributed by atoms with E-state index in [-0.39, 0.29) is 30.6 Å². The average Bonchev–Trinajstić information content (AvgIpc) is 2.80. The van der Waals surface area contributed by atoms with Crippen LogP contribution in [0.25, 0.3) is 0 Å². The van der Waals surface area contributed by atoms with Crippen molar-refractivity contribution < 1.29 is 29.3 Å². The normalized spacial score (nSPS) is 14.4. The summed E-state index contributed by atoms with van der Waals surface area (Å²) < 4.78 is 10.8. The first-order valence-corrected chi connectivity index (χ1v) is 12.1. The molecular formula is C26H42O6. The molecule has 1 aromatic rings. The molecule has 0 aliphatic carbocycles. The van der Waals surface area contributed by atoms with Crippen molar-refractivity contribution in [1.29, 1.82) is 0 Å². The Morgan fingerprint density at radius 1 is 0.812 bits per heavy atom. The first kappa shape index (κ1) is 28.1. The molecule has 0 saturated carbocycles. The van der Waals surface area contributed by atoms with Gasteiger partial charge in [-0.2, -0.15) is 0 Å². The van der Waals surface area contributed by atoms with Crippen molar-refractivity contribution in [2.75, 3.05) is 13.2 Å². The number of esters is 2. The fourth-order valence-electron chi connectivity index (χ4n) is 3.64. The summed E-state index contributed by atoms with van der Waals surface area (Å²) in [5.41, 5.74) is 0.0370. The van der Waals surface area contributed by atoms with Crippen LogP contribution in [-0.2, 0) is 24.8 Å². The topological polar surface area (TPSA) is 93.1 Å². The third kappa shape index (κ3) is 8.91. The molecule has 1 aromatic carbocycles. The Morgan fingerprint density at radius 3 is 1.62 bits per heavy atom. The smallest absolute Gasteiger partial charge is 0.326 e. The number of hydrogen-bond donors (Lipinski definition) is 2. The van der Waals surface area contributed by atoms with Crippen molar-refractivity contribution in [3.05, 3.63) is 35.9 Å². The lowest BCUT2D eigenvalue weighted by Crippen LogP contribution is -2.46. The zero-order valence-corrected chi connectivity index (χ0v) is 20.2. The highest BCUT2D eigenvalue weighted by Crippen LogP contribution is 2.30. The molecule has 0 aromatic heterocycles. The van der Waals surface area contributed by atoms with Crippen molar-refractivity contribution in [3.63, 3.8) is 0 Å². The maximum absolute atomic E-state index is 12.9. The van der Waals surface area contributed by atoms with Crippen molar-refractivity contribution in [1.82, 2.24) is 0 Å². The summed E-state index contributed by atoms with van der Waals surface area (Å²) in [6.45, 7) is 8.51. The van der Waals surface area contributed by atoms with Crippen molar-refractivity contribution >= 4 is 11.9 Å². The van der Waals surface area contributed by atoms with Crippen LogP contribution in [0.2, 0.25) is 0 Å². The van der Waals surface area contributed by atoms with Crippen molar-refractivity contribution in [2.45, 2.75) is 84.8 Å². The quantitative estimate of drug-likeness (QED) is 0.210. The van der Waals surface area contributed by atoms with Crippen LogP contribution in [0.3, 0.4) is 0 Å². The Morgan fingerprint density at radius 2 is 1.25 bits per heavy atom. The molecule has 0 aliphatic heterocycles. The molecule has 1 rings (SSSR count). The van der Waals surface area contributed by atoms with Crippen LogP contribution >= 0.6 is 0 Å². The Balaban J connectivity index is 3.00. The third-order valence-corrected chi connectivity index (χ3v) is 6.08. The van der Waals surface area contributed by atoms with Gasteiger partial charge in [0, 0.05) is 5.56 Å². The highest BCUT2D eigenvalue weighted by molar-refractivity contribution is 5.96. The molecule has 2 atom stereocenters. The van der Waals surface area contributed by atoms with Gasteiger partial charge in [-0.3, -0.25) is 9.59 Å². The SMILES string of the molecule is CCCCC(CC)COC(=O)C(C(=O)OCC(CC)CCCC)C(O)(O)c1ccccc1. The highest BCUT2D eigenvalue weighted by atomic mass is 16.6. The number of hydrogen-bond acceptors (Lipinski definition) is 6. The minimum Gasteiger partial charge on any atom is -0.465 e. The van der Waals surface area contributed by atoms with Crippen LogP contribution in [0, 0.1) is 17.8 Å². The molecule has 32 heavy (non-hydrogen) atoms. The van der Waals surface area contributed by atoms with Gasteiger partial charge in [0.25, 0.3) is 0 Å². The van der Waals surface area contributed by atoms with Crippen LogP contribution in [-0.4, -0.2) is 35.4 Å². The molecule has 0 amide bonds. The molecule has 182 valence electrons. The number of ether oxygens (including phenoxy) is 2. The van der Waals surface area contributed by atoms with E-state index in [2.05, 4.69) is 13.8 Å². The molecule has 0 spiro atoms. The molecule has 0 saturated heterocycles. The molecule has 6 nitrogen and oxygen atoms in total. The van der Waals surface area contributed by atoms with E-state index in [9.17, 15) is 19.8 Å². The largest absolute Gasteiger partial charge is 0.465 e. The summed E-state index contributed by atoms with van der Waals surface area (Å²) in [6, 6.07) is 7.85. The lowest BCUT2D eigenvalue weighted by atomic mass is 9.91. The fraction of sp³-hybridized carbons (Fsp3) is 0.692. The molecule has 0 aliphatic rings. The Bertz CT molecular complexity index is 626. The zero-order chi connectivity index (χ0) is 24.0. The van der Waals surface area contributed by atoms with Gasteiger partial charge in [-0.05, 0) is 24.7 Å².